The highest BCUT2D eigenvalue weighted by Gasteiger charge is 2.27. The van der Waals surface area contributed by atoms with Gasteiger partial charge in [0.25, 0.3) is 0 Å². The van der Waals surface area contributed by atoms with Gasteiger partial charge in [-0.05, 0) is 61.4 Å². The molecule has 164 valence electrons. The predicted octanol–water partition coefficient (Wildman–Crippen LogP) is 4.61. The number of anilines is 3. The minimum atomic E-state index is -0.142. The van der Waals surface area contributed by atoms with Gasteiger partial charge in [0.1, 0.15) is 0 Å². The van der Waals surface area contributed by atoms with Crippen LogP contribution in [0.5, 0.6) is 0 Å². The number of hydrogen-bond acceptors (Lipinski definition) is 5. The number of benzene rings is 2. The number of amides is 2. The van der Waals surface area contributed by atoms with Crippen LogP contribution in [0.15, 0.2) is 60.7 Å². The van der Waals surface area contributed by atoms with E-state index >= 15 is 0 Å². The van der Waals surface area contributed by atoms with E-state index in [1.54, 1.807) is 24.3 Å². The highest BCUT2D eigenvalue weighted by molar-refractivity contribution is 6.30. The average Bonchev–Trinajstić information content (AvgIpc) is 2.81. The first kappa shape index (κ1) is 21.8. The van der Waals surface area contributed by atoms with Crippen molar-refractivity contribution in [2.24, 2.45) is 5.92 Å². The van der Waals surface area contributed by atoms with Crippen LogP contribution in [0.4, 0.5) is 17.2 Å². The number of nitrogens with zero attached hydrogens (tertiary/aromatic N) is 3. The largest absolute Gasteiger partial charge is 0.354 e. The van der Waals surface area contributed by atoms with Crippen molar-refractivity contribution in [1.82, 2.24) is 10.2 Å². The fourth-order valence-electron chi connectivity index (χ4n) is 3.75. The number of piperidine rings is 1. The van der Waals surface area contributed by atoms with Gasteiger partial charge in [0.2, 0.25) is 11.8 Å². The normalized spacial score (nSPS) is 15.8. The quantitative estimate of drug-likeness (QED) is 0.593. The molecule has 1 fully saturated rings. The summed E-state index contributed by atoms with van der Waals surface area (Å²) < 4.78 is 0. The van der Waals surface area contributed by atoms with Gasteiger partial charge in [0.05, 0.1) is 11.6 Å². The summed E-state index contributed by atoms with van der Waals surface area (Å²) in [4.78, 5) is 26.1. The van der Waals surface area contributed by atoms with E-state index < -0.39 is 0 Å². The Labute approximate surface area is 191 Å². The third-order valence-corrected chi connectivity index (χ3v) is 5.63. The zero-order valence-electron chi connectivity index (χ0n) is 17.7. The number of carbonyl (C=O) groups excluding carboxylic acids is 2. The lowest BCUT2D eigenvalue weighted by Crippen LogP contribution is -2.41. The Bertz CT molecular complexity index is 1080. The Morgan fingerprint density at radius 2 is 1.62 bits per heavy atom. The van der Waals surface area contributed by atoms with Gasteiger partial charge in [-0.25, -0.2) is 0 Å². The second kappa shape index (κ2) is 9.78. The van der Waals surface area contributed by atoms with Crippen molar-refractivity contribution in [3.8, 4) is 11.3 Å². The zero-order valence-corrected chi connectivity index (χ0v) is 18.5. The molecule has 0 aliphatic carbocycles. The van der Waals surface area contributed by atoms with Crippen molar-refractivity contribution in [3.63, 3.8) is 0 Å². The van der Waals surface area contributed by atoms with Crippen LogP contribution in [0, 0.1) is 5.92 Å². The minimum Gasteiger partial charge on any atom is -0.354 e. The number of hydrogen-bond donors (Lipinski definition) is 2. The average molecular weight is 450 g/mol. The lowest BCUT2D eigenvalue weighted by molar-refractivity contribution is -0.120. The maximum Gasteiger partial charge on any atom is 0.229 e. The van der Waals surface area contributed by atoms with Crippen molar-refractivity contribution < 1.29 is 9.59 Å². The van der Waals surface area contributed by atoms with Crippen molar-refractivity contribution >= 4 is 40.6 Å². The summed E-state index contributed by atoms with van der Waals surface area (Å²) in [6.45, 7) is 2.88. The summed E-state index contributed by atoms with van der Waals surface area (Å²) in [5, 5.41) is 15.1. The molecule has 32 heavy (non-hydrogen) atoms. The molecular formula is C24H24ClN5O2. The molecule has 1 aliphatic rings. The SMILES string of the molecule is CC(=O)Nc1ccc(NC(=O)[C@@H]2CCCN(c3ccc(-c4ccc(Cl)cc4)nn3)C2)cc1. The van der Waals surface area contributed by atoms with E-state index in [4.69, 9.17) is 11.6 Å². The van der Waals surface area contributed by atoms with Gasteiger partial charge in [-0.2, -0.15) is 0 Å². The molecule has 2 heterocycles. The van der Waals surface area contributed by atoms with E-state index in [1.165, 1.54) is 6.92 Å². The fraction of sp³-hybridized carbons (Fsp3) is 0.250. The molecular weight excluding hydrogens is 426 g/mol. The molecule has 1 atom stereocenters. The lowest BCUT2D eigenvalue weighted by Gasteiger charge is -2.32. The summed E-state index contributed by atoms with van der Waals surface area (Å²) in [7, 11) is 0. The second-order valence-corrected chi connectivity index (χ2v) is 8.25. The van der Waals surface area contributed by atoms with E-state index in [0.717, 1.165) is 36.5 Å². The van der Waals surface area contributed by atoms with Gasteiger partial charge in [-0.3, -0.25) is 9.59 Å². The molecule has 4 rings (SSSR count). The molecule has 8 heteroatoms. The van der Waals surface area contributed by atoms with Gasteiger partial charge in [0, 0.05) is 42.0 Å². The molecule has 0 saturated carbocycles. The van der Waals surface area contributed by atoms with Gasteiger partial charge < -0.3 is 15.5 Å². The highest BCUT2D eigenvalue weighted by Crippen LogP contribution is 2.25. The molecule has 0 bridgehead atoms. The van der Waals surface area contributed by atoms with Crippen molar-refractivity contribution in [2.45, 2.75) is 19.8 Å². The van der Waals surface area contributed by atoms with Gasteiger partial charge in [0.15, 0.2) is 5.82 Å². The van der Waals surface area contributed by atoms with Crippen LogP contribution in [-0.2, 0) is 9.59 Å². The van der Waals surface area contributed by atoms with Gasteiger partial charge in [-0.15, -0.1) is 10.2 Å². The van der Waals surface area contributed by atoms with E-state index in [2.05, 4.69) is 25.7 Å². The van der Waals surface area contributed by atoms with E-state index in [9.17, 15) is 9.59 Å². The van der Waals surface area contributed by atoms with Crippen LogP contribution in [0.2, 0.25) is 5.02 Å². The lowest BCUT2D eigenvalue weighted by atomic mass is 9.97. The molecule has 1 saturated heterocycles. The van der Waals surface area contributed by atoms with E-state index in [-0.39, 0.29) is 17.7 Å². The summed E-state index contributed by atoms with van der Waals surface area (Å²) in [6.07, 6.45) is 1.72. The van der Waals surface area contributed by atoms with Crippen LogP contribution < -0.4 is 15.5 Å². The van der Waals surface area contributed by atoms with Crippen LogP contribution >= 0.6 is 11.6 Å². The van der Waals surface area contributed by atoms with Crippen molar-refractivity contribution in [2.75, 3.05) is 28.6 Å². The Morgan fingerprint density at radius 1 is 0.938 bits per heavy atom. The summed E-state index contributed by atoms with van der Waals surface area (Å²) in [5.74, 6) is 0.470. The molecule has 1 aromatic heterocycles. The van der Waals surface area contributed by atoms with Gasteiger partial charge >= 0.3 is 0 Å². The molecule has 0 spiro atoms. The summed E-state index contributed by atoms with van der Waals surface area (Å²) in [6, 6.07) is 18.5. The van der Waals surface area contributed by atoms with Crippen molar-refractivity contribution in [3.05, 3.63) is 65.7 Å². The first-order valence-corrected chi connectivity index (χ1v) is 10.9. The molecule has 3 aromatic rings. The second-order valence-electron chi connectivity index (χ2n) is 7.82. The number of aromatic nitrogens is 2. The van der Waals surface area contributed by atoms with Crippen LogP contribution in [0.25, 0.3) is 11.3 Å². The number of halogens is 1. The van der Waals surface area contributed by atoms with Crippen LogP contribution in [-0.4, -0.2) is 35.1 Å². The van der Waals surface area contributed by atoms with Crippen LogP contribution in [0.3, 0.4) is 0 Å². The molecule has 2 N–H and O–H groups in total. The highest BCUT2D eigenvalue weighted by atomic mass is 35.5. The molecule has 0 radical (unpaired) electrons. The Morgan fingerprint density at radius 3 is 2.25 bits per heavy atom. The van der Waals surface area contributed by atoms with Gasteiger partial charge in [-0.1, -0.05) is 23.7 Å². The third-order valence-electron chi connectivity index (χ3n) is 5.38. The topological polar surface area (TPSA) is 87.2 Å². The minimum absolute atomic E-state index is 0.0206. The standard InChI is InChI=1S/C24H24ClN5O2/c1-16(31)26-20-8-10-21(11-9-20)27-24(32)18-3-2-14-30(15-18)23-13-12-22(28-29-23)17-4-6-19(25)7-5-17/h4-13,18H,2-3,14-15H2,1H3,(H,26,31)(H,27,32)/t18-/m1/s1. The third kappa shape index (κ3) is 5.42. The smallest absolute Gasteiger partial charge is 0.229 e. The summed E-state index contributed by atoms with van der Waals surface area (Å²) in [5.41, 5.74) is 3.13. The predicted molar refractivity (Wildman–Crippen MR) is 127 cm³/mol. The maximum atomic E-state index is 12.8. The molecule has 0 unspecified atom stereocenters. The zero-order chi connectivity index (χ0) is 22.5. The molecule has 2 amide bonds. The Kier molecular flexibility index (Phi) is 6.66. The summed E-state index contributed by atoms with van der Waals surface area (Å²) >= 11 is 5.95. The monoisotopic (exact) mass is 449 g/mol. The number of carbonyl (C=O) groups is 2. The van der Waals surface area contributed by atoms with E-state index in [1.807, 2.05) is 36.4 Å². The number of nitrogens with one attached hydrogen (secondary N) is 2. The number of rotatable bonds is 5. The molecule has 2 aromatic carbocycles. The first-order valence-electron chi connectivity index (χ1n) is 10.5. The molecule has 1 aliphatic heterocycles. The van der Waals surface area contributed by atoms with Crippen LogP contribution in [0.1, 0.15) is 19.8 Å². The molecule has 7 nitrogen and oxygen atoms in total. The van der Waals surface area contributed by atoms with E-state index in [0.29, 0.717) is 22.9 Å². The van der Waals surface area contributed by atoms with Crippen molar-refractivity contribution in [1.29, 1.82) is 0 Å². The Balaban J connectivity index is 1.37. The fourth-order valence-corrected chi connectivity index (χ4v) is 3.88. The Hall–Kier alpha value is -3.45. The first-order chi connectivity index (χ1) is 15.5. The maximum absolute atomic E-state index is 12.8.